The minimum atomic E-state index is -0.495. The molecule has 0 aromatic rings. The predicted octanol–water partition coefficient (Wildman–Crippen LogP) is 3.41. The van der Waals surface area contributed by atoms with Gasteiger partial charge < -0.3 is 14.7 Å². The second-order valence-electron chi connectivity index (χ2n) is 10.3. The van der Waals surface area contributed by atoms with Crippen LogP contribution in [0.5, 0.6) is 0 Å². The van der Waals surface area contributed by atoms with Gasteiger partial charge in [0.15, 0.2) is 6.29 Å². The van der Waals surface area contributed by atoms with Crippen LogP contribution < -0.4 is 0 Å². The van der Waals surface area contributed by atoms with Crippen LogP contribution in [0, 0.1) is 34.5 Å². The Labute approximate surface area is 146 Å². The van der Waals surface area contributed by atoms with Crippen molar-refractivity contribution in [2.24, 2.45) is 34.5 Å². The molecule has 0 aromatic carbocycles. The molecule has 3 heteroatoms. The first-order chi connectivity index (χ1) is 11.7. The van der Waals surface area contributed by atoms with Crippen LogP contribution in [-0.4, -0.2) is 42.0 Å². The minimum absolute atomic E-state index is 0.374. The molecule has 3 nitrogen and oxygen atoms in total. The lowest BCUT2D eigenvalue weighted by atomic mass is 9.73. The van der Waals surface area contributed by atoms with E-state index < -0.39 is 6.29 Å². The lowest BCUT2D eigenvalue weighted by Gasteiger charge is -2.34. The van der Waals surface area contributed by atoms with Gasteiger partial charge in [0.2, 0.25) is 0 Å². The van der Waals surface area contributed by atoms with Gasteiger partial charge in [-0.05, 0) is 106 Å². The van der Waals surface area contributed by atoms with E-state index in [4.69, 9.17) is 4.74 Å². The Bertz CT molecular complexity index is 520. The van der Waals surface area contributed by atoms with Crippen molar-refractivity contribution in [1.29, 1.82) is 0 Å². The summed E-state index contributed by atoms with van der Waals surface area (Å²) in [5, 5.41) is 10.8. The highest BCUT2D eigenvalue weighted by atomic mass is 16.6. The summed E-state index contributed by atoms with van der Waals surface area (Å²) in [5.41, 5.74) is 1.34. The summed E-state index contributed by atoms with van der Waals surface area (Å²) < 4.78 is 6.41. The molecule has 6 aliphatic rings. The van der Waals surface area contributed by atoms with E-state index in [1.165, 1.54) is 77.3 Å². The molecule has 24 heavy (non-hydrogen) atoms. The molecule has 0 bridgehead atoms. The van der Waals surface area contributed by atoms with Gasteiger partial charge in [-0.2, -0.15) is 0 Å². The predicted molar refractivity (Wildman–Crippen MR) is 92.3 cm³/mol. The van der Waals surface area contributed by atoms with Gasteiger partial charge in [-0.3, -0.25) is 0 Å². The highest BCUT2D eigenvalue weighted by Gasteiger charge is 2.69. The summed E-state index contributed by atoms with van der Waals surface area (Å²) in [6.45, 7) is 3.56. The Balaban J connectivity index is 1.31. The molecule has 2 saturated heterocycles. The van der Waals surface area contributed by atoms with Gasteiger partial charge >= 0.3 is 0 Å². The van der Waals surface area contributed by atoms with Crippen molar-refractivity contribution in [3.8, 4) is 0 Å². The van der Waals surface area contributed by atoms with E-state index >= 15 is 0 Å². The first kappa shape index (κ1) is 15.0. The second kappa shape index (κ2) is 4.98. The summed E-state index contributed by atoms with van der Waals surface area (Å²) in [6.07, 6.45) is 14.1. The highest BCUT2D eigenvalue weighted by molar-refractivity contribution is 5.17. The summed E-state index contributed by atoms with van der Waals surface area (Å²) >= 11 is 0. The van der Waals surface area contributed by atoms with Crippen molar-refractivity contribution in [3.63, 3.8) is 0 Å². The van der Waals surface area contributed by atoms with Crippen LogP contribution in [0.1, 0.15) is 64.2 Å². The molecule has 4 aliphatic carbocycles. The fourth-order valence-electron chi connectivity index (χ4n) is 7.68. The molecular formula is C21H33NO2. The number of likely N-dealkylation sites (tertiary alicyclic amines) is 1. The van der Waals surface area contributed by atoms with Crippen LogP contribution in [-0.2, 0) is 4.74 Å². The second-order valence-corrected chi connectivity index (χ2v) is 10.3. The third-order valence-electron chi connectivity index (χ3n) is 9.30. The van der Waals surface area contributed by atoms with Crippen molar-refractivity contribution >= 4 is 0 Å². The first-order valence-electron chi connectivity index (χ1n) is 10.8. The molecule has 2 spiro atoms. The standard InChI is InChI=1S/C21H33NO2/c23-19-15(13-22-11-1-2-12-22)14-3-5-20(7-8-20)16-4-6-21(9-10-21)17(16)18(14)24-19/h14-19,23H,1-13H2. The molecule has 6 unspecified atom stereocenters. The third-order valence-corrected chi connectivity index (χ3v) is 9.30. The van der Waals surface area contributed by atoms with Crippen LogP contribution in [0.15, 0.2) is 0 Å². The monoisotopic (exact) mass is 331 g/mol. The molecule has 134 valence electrons. The van der Waals surface area contributed by atoms with Gasteiger partial charge in [-0.15, -0.1) is 0 Å². The van der Waals surface area contributed by atoms with Crippen LogP contribution >= 0.6 is 0 Å². The normalized spacial score (nSPS) is 50.9. The van der Waals surface area contributed by atoms with Crippen molar-refractivity contribution in [2.45, 2.75) is 76.6 Å². The highest BCUT2D eigenvalue weighted by Crippen LogP contribution is 2.75. The number of hydrogen-bond acceptors (Lipinski definition) is 3. The fourth-order valence-corrected chi connectivity index (χ4v) is 7.68. The molecule has 6 rings (SSSR count). The number of ether oxygens (including phenoxy) is 1. The number of aliphatic hydroxyl groups excluding tert-OH is 1. The van der Waals surface area contributed by atoms with Gasteiger partial charge in [0.05, 0.1) is 6.10 Å². The molecule has 0 radical (unpaired) electrons. The summed E-state index contributed by atoms with van der Waals surface area (Å²) in [4.78, 5) is 2.59. The lowest BCUT2D eigenvalue weighted by Crippen LogP contribution is -2.37. The molecule has 4 saturated carbocycles. The van der Waals surface area contributed by atoms with E-state index in [2.05, 4.69) is 4.90 Å². The maximum absolute atomic E-state index is 10.8. The molecule has 6 atom stereocenters. The molecular weight excluding hydrogens is 298 g/mol. The van der Waals surface area contributed by atoms with Crippen LogP contribution in [0.25, 0.3) is 0 Å². The number of fused-ring (bicyclic) bond motifs is 5. The Morgan fingerprint density at radius 2 is 1.62 bits per heavy atom. The molecule has 6 fully saturated rings. The first-order valence-corrected chi connectivity index (χ1v) is 10.8. The fraction of sp³-hybridized carbons (Fsp3) is 1.00. The number of hydrogen-bond donors (Lipinski definition) is 1. The van der Waals surface area contributed by atoms with E-state index in [1.54, 1.807) is 0 Å². The zero-order valence-corrected chi connectivity index (χ0v) is 15.0. The van der Waals surface area contributed by atoms with Crippen molar-refractivity contribution in [3.05, 3.63) is 0 Å². The zero-order valence-electron chi connectivity index (χ0n) is 15.0. The van der Waals surface area contributed by atoms with Crippen LogP contribution in [0.4, 0.5) is 0 Å². The Morgan fingerprint density at radius 1 is 0.917 bits per heavy atom. The molecule has 0 amide bonds. The number of aliphatic hydroxyl groups is 1. The SMILES string of the molecule is OC1OC2C(CCC3(CC3)C3CCC4(CC4)C23)C1CN1CCCC1. The van der Waals surface area contributed by atoms with Crippen LogP contribution in [0.2, 0.25) is 0 Å². The van der Waals surface area contributed by atoms with E-state index in [1.807, 2.05) is 0 Å². The van der Waals surface area contributed by atoms with Gasteiger partial charge in [0, 0.05) is 12.5 Å². The van der Waals surface area contributed by atoms with E-state index in [0.717, 1.165) is 18.4 Å². The molecule has 1 N–H and O–H groups in total. The van der Waals surface area contributed by atoms with Gasteiger partial charge in [-0.25, -0.2) is 0 Å². The summed E-state index contributed by atoms with van der Waals surface area (Å²) in [7, 11) is 0. The Kier molecular flexibility index (Phi) is 3.11. The molecule has 0 aromatic heterocycles. The summed E-state index contributed by atoms with van der Waals surface area (Å²) in [6, 6.07) is 0. The zero-order chi connectivity index (χ0) is 15.9. The van der Waals surface area contributed by atoms with Gasteiger partial charge in [-0.1, -0.05) is 0 Å². The van der Waals surface area contributed by atoms with Crippen molar-refractivity contribution in [2.75, 3.05) is 19.6 Å². The van der Waals surface area contributed by atoms with Crippen molar-refractivity contribution in [1.82, 2.24) is 4.90 Å². The van der Waals surface area contributed by atoms with E-state index in [-0.39, 0.29) is 0 Å². The van der Waals surface area contributed by atoms with E-state index in [0.29, 0.717) is 28.8 Å². The lowest BCUT2D eigenvalue weighted by molar-refractivity contribution is -0.133. The quantitative estimate of drug-likeness (QED) is 0.842. The third kappa shape index (κ3) is 2.01. The number of rotatable bonds is 2. The Morgan fingerprint density at radius 3 is 2.33 bits per heavy atom. The molecule has 2 heterocycles. The molecule has 2 aliphatic heterocycles. The minimum Gasteiger partial charge on any atom is -0.368 e. The van der Waals surface area contributed by atoms with Crippen molar-refractivity contribution < 1.29 is 9.84 Å². The average Bonchev–Trinajstić information content (AvgIpc) is 3.39. The smallest absolute Gasteiger partial charge is 0.159 e. The Hall–Kier alpha value is -0.120. The van der Waals surface area contributed by atoms with E-state index in [9.17, 15) is 5.11 Å². The topological polar surface area (TPSA) is 32.7 Å². The maximum Gasteiger partial charge on any atom is 0.159 e. The maximum atomic E-state index is 10.8. The summed E-state index contributed by atoms with van der Waals surface area (Å²) in [5.74, 6) is 2.71. The van der Waals surface area contributed by atoms with Crippen LogP contribution in [0.3, 0.4) is 0 Å². The van der Waals surface area contributed by atoms with Gasteiger partial charge in [0.25, 0.3) is 0 Å². The average molecular weight is 332 g/mol. The van der Waals surface area contributed by atoms with Gasteiger partial charge in [0.1, 0.15) is 0 Å². The number of nitrogens with zero attached hydrogens (tertiary/aromatic N) is 1. The largest absolute Gasteiger partial charge is 0.368 e.